The van der Waals surface area contributed by atoms with E-state index in [2.05, 4.69) is 0 Å². The van der Waals surface area contributed by atoms with Crippen LogP contribution >= 0.6 is 0 Å². The van der Waals surface area contributed by atoms with Crippen molar-refractivity contribution in [2.75, 3.05) is 0 Å². The minimum atomic E-state index is -2.73. The van der Waals surface area contributed by atoms with Crippen LogP contribution in [0, 0.1) is 0 Å². The molecule has 0 aromatic heterocycles. The monoisotopic (exact) mass is 248 g/mol. The Kier molecular flexibility index (Phi) is 3.03. The third kappa shape index (κ3) is 1.83. The second-order valence-corrected chi connectivity index (χ2v) is 4.40. The van der Waals surface area contributed by atoms with Gasteiger partial charge in [0.1, 0.15) is 0 Å². The minimum Gasteiger partial charge on any atom is -0.460 e. The average molecular weight is 248 g/mol. The lowest BCUT2D eigenvalue weighted by Crippen LogP contribution is -2.42. The summed E-state index contributed by atoms with van der Waals surface area (Å²) in [5, 5.41) is 0. The quantitative estimate of drug-likeness (QED) is 0.596. The van der Waals surface area contributed by atoms with E-state index in [1.54, 1.807) is 32.0 Å². The van der Waals surface area contributed by atoms with Gasteiger partial charge in [-0.15, -0.1) is 0 Å². The van der Waals surface area contributed by atoms with Crippen LogP contribution < -0.4 is 0 Å². The Morgan fingerprint density at radius 1 is 1.28 bits per heavy atom. The van der Waals surface area contributed by atoms with Gasteiger partial charge in [0, 0.05) is 5.56 Å². The molecule has 0 fully saturated rings. The summed E-state index contributed by atoms with van der Waals surface area (Å²) in [6.45, 7) is 3.21. The standard InChI is InChI=1S/C14H13FO3/c1-9(2)18-13(17)14(15)11-6-4-3-5-10(11)7-8-12(14)16/h3-9H,1-2H3. The zero-order valence-corrected chi connectivity index (χ0v) is 10.1. The molecule has 1 aliphatic rings. The zero-order valence-electron chi connectivity index (χ0n) is 10.1. The molecule has 0 N–H and O–H groups in total. The molecule has 1 aromatic rings. The zero-order chi connectivity index (χ0) is 13.3. The van der Waals surface area contributed by atoms with Crippen molar-refractivity contribution in [2.45, 2.75) is 25.6 Å². The molecule has 0 saturated carbocycles. The van der Waals surface area contributed by atoms with E-state index < -0.39 is 23.5 Å². The Balaban J connectivity index is 2.51. The summed E-state index contributed by atoms with van der Waals surface area (Å²) in [7, 11) is 0. The van der Waals surface area contributed by atoms with Gasteiger partial charge in [-0.05, 0) is 25.5 Å². The highest BCUT2D eigenvalue weighted by Gasteiger charge is 2.51. The number of carbonyl (C=O) groups is 2. The van der Waals surface area contributed by atoms with E-state index in [1.165, 1.54) is 12.1 Å². The van der Waals surface area contributed by atoms with E-state index in [1.807, 2.05) is 0 Å². The van der Waals surface area contributed by atoms with Crippen LogP contribution in [0.4, 0.5) is 4.39 Å². The van der Waals surface area contributed by atoms with E-state index >= 15 is 0 Å². The first-order chi connectivity index (χ1) is 8.46. The fourth-order valence-corrected chi connectivity index (χ4v) is 1.87. The van der Waals surface area contributed by atoms with Gasteiger partial charge in [0.15, 0.2) is 0 Å². The van der Waals surface area contributed by atoms with Gasteiger partial charge in [0.25, 0.3) is 5.67 Å². The fourth-order valence-electron chi connectivity index (χ4n) is 1.87. The van der Waals surface area contributed by atoms with Crippen LogP contribution in [0.2, 0.25) is 0 Å². The van der Waals surface area contributed by atoms with E-state index in [9.17, 15) is 14.0 Å². The fraction of sp³-hybridized carbons (Fsp3) is 0.286. The molecule has 0 heterocycles. The first-order valence-electron chi connectivity index (χ1n) is 5.68. The Bertz CT molecular complexity index is 534. The number of esters is 1. The summed E-state index contributed by atoms with van der Waals surface area (Å²) >= 11 is 0. The SMILES string of the molecule is CC(C)OC(=O)C1(F)C(=O)C=Cc2ccccc21. The van der Waals surface area contributed by atoms with Crippen LogP contribution in [0.15, 0.2) is 30.3 Å². The average Bonchev–Trinajstić information content (AvgIpc) is 2.33. The maximum absolute atomic E-state index is 14.8. The highest BCUT2D eigenvalue weighted by atomic mass is 19.1. The van der Waals surface area contributed by atoms with Crippen molar-refractivity contribution in [1.29, 1.82) is 0 Å². The molecule has 0 spiro atoms. The minimum absolute atomic E-state index is 0.0446. The number of hydrogen-bond acceptors (Lipinski definition) is 3. The number of rotatable bonds is 2. The van der Waals surface area contributed by atoms with Crippen LogP contribution in [-0.2, 0) is 20.0 Å². The number of allylic oxidation sites excluding steroid dienone is 1. The largest absolute Gasteiger partial charge is 0.460 e. The number of hydrogen-bond donors (Lipinski definition) is 0. The highest BCUT2D eigenvalue weighted by Crippen LogP contribution is 2.36. The summed E-state index contributed by atoms with van der Waals surface area (Å²) in [6.07, 6.45) is 2.10. The normalized spacial score (nSPS) is 21.9. The summed E-state index contributed by atoms with van der Waals surface area (Å²) in [5.41, 5.74) is -2.17. The van der Waals surface area contributed by atoms with Gasteiger partial charge in [-0.3, -0.25) is 4.79 Å². The number of ketones is 1. The first-order valence-corrected chi connectivity index (χ1v) is 5.68. The molecule has 18 heavy (non-hydrogen) atoms. The van der Waals surface area contributed by atoms with E-state index in [0.29, 0.717) is 5.56 Å². The second kappa shape index (κ2) is 4.37. The van der Waals surface area contributed by atoms with Crippen LogP contribution in [-0.4, -0.2) is 17.9 Å². The molecule has 0 saturated heterocycles. The Morgan fingerprint density at radius 2 is 1.94 bits per heavy atom. The van der Waals surface area contributed by atoms with Crippen LogP contribution in [0.5, 0.6) is 0 Å². The maximum atomic E-state index is 14.8. The van der Waals surface area contributed by atoms with Crippen molar-refractivity contribution in [3.63, 3.8) is 0 Å². The van der Waals surface area contributed by atoms with Crippen molar-refractivity contribution < 1.29 is 18.7 Å². The molecule has 1 aliphatic carbocycles. The highest BCUT2D eigenvalue weighted by molar-refractivity contribution is 6.16. The van der Waals surface area contributed by atoms with Crippen molar-refractivity contribution in [3.8, 4) is 0 Å². The lowest BCUT2D eigenvalue weighted by Gasteiger charge is -2.26. The molecule has 94 valence electrons. The van der Waals surface area contributed by atoms with Gasteiger partial charge < -0.3 is 4.74 Å². The third-order valence-electron chi connectivity index (χ3n) is 2.71. The van der Waals surface area contributed by atoms with Gasteiger partial charge in [-0.1, -0.05) is 30.3 Å². The van der Waals surface area contributed by atoms with Crippen molar-refractivity contribution in [3.05, 3.63) is 41.5 Å². The number of benzene rings is 1. The topological polar surface area (TPSA) is 43.4 Å². The van der Waals surface area contributed by atoms with Crippen molar-refractivity contribution in [1.82, 2.24) is 0 Å². The Hall–Kier alpha value is -1.97. The molecule has 1 unspecified atom stereocenters. The number of alkyl halides is 1. The van der Waals surface area contributed by atoms with E-state index in [0.717, 1.165) is 6.08 Å². The van der Waals surface area contributed by atoms with Gasteiger partial charge in [-0.25, -0.2) is 9.18 Å². The summed E-state index contributed by atoms with van der Waals surface area (Å²) < 4.78 is 19.7. The predicted octanol–water partition coefficient (Wildman–Crippen LogP) is 2.40. The summed E-state index contributed by atoms with van der Waals surface area (Å²) in [4.78, 5) is 23.6. The molecule has 0 bridgehead atoms. The van der Waals surface area contributed by atoms with Gasteiger partial charge in [0.05, 0.1) is 6.10 Å². The number of halogens is 1. The first kappa shape index (κ1) is 12.5. The van der Waals surface area contributed by atoms with Crippen LogP contribution in [0.3, 0.4) is 0 Å². The van der Waals surface area contributed by atoms with Gasteiger partial charge in [0.2, 0.25) is 5.78 Å². The third-order valence-corrected chi connectivity index (χ3v) is 2.71. The smallest absolute Gasteiger partial charge is 0.357 e. The summed E-state index contributed by atoms with van der Waals surface area (Å²) in [6, 6.07) is 6.38. The van der Waals surface area contributed by atoms with Crippen molar-refractivity contribution >= 4 is 17.8 Å². The lowest BCUT2D eigenvalue weighted by molar-refractivity contribution is -0.165. The molecule has 1 aromatic carbocycles. The summed E-state index contributed by atoms with van der Waals surface area (Å²) in [5.74, 6) is -2.05. The van der Waals surface area contributed by atoms with Gasteiger partial charge in [-0.2, -0.15) is 0 Å². The number of fused-ring (bicyclic) bond motifs is 1. The molecule has 0 aliphatic heterocycles. The number of carbonyl (C=O) groups excluding carboxylic acids is 2. The van der Waals surface area contributed by atoms with Crippen molar-refractivity contribution in [2.24, 2.45) is 0 Å². The second-order valence-electron chi connectivity index (χ2n) is 4.40. The molecule has 3 nitrogen and oxygen atoms in total. The predicted molar refractivity (Wildman–Crippen MR) is 64.5 cm³/mol. The lowest BCUT2D eigenvalue weighted by atomic mass is 9.83. The molecular formula is C14H13FO3. The molecule has 4 heteroatoms. The van der Waals surface area contributed by atoms with Gasteiger partial charge >= 0.3 is 5.97 Å². The molecule has 0 amide bonds. The Labute approximate surface area is 104 Å². The Morgan fingerprint density at radius 3 is 2.61 bits per heavy atom. The molecule has 0 radical (unpaired) electrons. The molecular weight excluding hydrogens is 235 g/mol. The van der Waals surface area contributed by atoms with Crippen LogP contribution in [0.1, 0.15) is 25.0 Å². The van der Waals surface area contributed by atoms with Crippen LogP contribution in [0.25, 0.3) is 6.08 Å². The van der Waals surface area contributed by atoms with E-state index in [4.69, 9.17) is 4.74 Å². The molecule has 1 atom stereocenters. The number of ether oxygens (including phenoxy) is 1. The van der Waals surface area contributed by atoms with E-state index in [-0.39, 0.29) is 5.56 Å². The maximum Gasteiger partial charge on any atom is 0.357 e. The molecule has 2 rings (SSSR count).